The molecule has 1 aromatic rings. The van der Waals surface area contributed by atoms with Gasteiger partial charge in [0.15, 0.2) is 13.2 Å². The third kappa shape index (κ3) is 6.59. The van der Waals surface area contributed by atoms with Crippen LogP contribution in [0.25, 0.3) is 0 Å². The lowest BCUT2D eigenvalue weighted by molar-refractivity contribution is -0.167. The molecular formula is C21H27NO5. The van der Waals surface area contributed by atoms with Crippen molar-refractivity contribution in [3.63, 3.8) is 0 Å². The van der Waals surface area contributed by atoms with Crippen molar-refractivity contribution < 1.29 is 23.8 Å². The van der Waals surface area contributed by atoms with Gasteiger partial charge in [0.1, 0.15) is 11.9 Å². The molecule has 3 atom stereocenters. The van der Waals surface area contributed by atoms with E-state index in [0.29, 0.717) is 29.1 Å². The number of nitrogens with zero attached hydrogens (tertiary/aromatic N) is 1. The van der Waals surface area contributed by atoms with Crippen molar-refractivity contribution in [1.82, 2.24) is 0 Å². The topological polar surface area (TPSA) is 85.6 Å². The molecule has 1 saturated carbocycles. The van der Waals surface area contributed by atoms with E-state index in [1.807, 2.05) is 6.07 Å². The molecule has 0 aliphatic heterocycles. The van der Waals surface area contributed by atoms with E-state index in [4.69, 9.17) is 19.5 Å². The number of rotatable bonds is 7. The predicted octanol–water partition coefficient (Wildman–Crippen LogP) is 3.48. The molecule has 1 aliphatic rings. The number of carbonyl (C=O) groups is 2. The largest absolute Gasteiger partial charge is 0.482 e. The summed E-state index contributed by atoms with van der Waals surface area (Å²) < 4.78 is 15.8. The maximum Gasteiger partial charge on any atom is 0.344 e. The molecule has 0 aromatic heterocycles. The average Bonchev–Trinajstić information content (AvgIpc) is 2.65. The zero-order chi connectivity index (χ0) is 19.8. The second kappa shape index (κ2) is 9.96. The highest BCUT2D eigenvalue weighted by Crippen LogP contribution is 2.35. The van der Waals surface area contributed by atoms with Crippen LogP contribution in [0.15, 0.2) is 24.3 Å². The van der Waals surface area contributed by atoms with E-state index < -0.39 is 18.5 Å². The first-order valence-electron chi connectivity index (χ1n) is 9.37. The molecule has 1 aliphatic carbocycles. The van der Waals surface area contributed by atoms with Gasteiger partial charge in [0, 0.05) is 0 Å². The van der Waals surface area contributed by atoms with Gasteiger partial charge in [0.05, 0.1) is 11.6 Å². The van der Waals surface area contributed by atoms with E-state index in [0.717, 1.165) is 19.3 Å². The van der Waals surface area contributed by atoms with Crippen molar-refractivity contribution in [2.45, 2.75) is 46.1 Å². The zero-order valence-corrected chi connectivity index (χ0v) is 16.1. The Labute approximate surface area is 160 Å². The summed E-state index contributed by atoms with van der Waals surface area (Å²) >= 11 is 0. The first-order chi connectivity index (χ1) is 12.9. The molecule has 6 heteroatoms. The van der Waals surface area contributed by atoms with E-state index in [2.05, 4.69) is 20.8 Å². The summed E-state index contributed by atoms with van der Waals surface area (Å²) in [5.74, 6) is 0.602. The number of ether oxygens (including phenoxy) is 3. The van der Waals surface area contributed by atoms with Crippen LogP contribution in [0.3, 0.4) is 0 Å². The summed E-state index contributed by atoms with van der Waals surface area (Å²) in [6.45, 7) is 5.72. The molecule has 1 aromatic carbocycles. The van der Waals surface area contributed by atoms with E-state index in [1.54, 1.807) is 24.3 Å². The zero-order valence-electron chi connectivity index (χ0n) is 16.1. The van der Waals surface area contributed by atoms with Gasteiger partial charge in [-0.25, -0.2) is 9.59 Å². The minimum atomic E-state index is -0.645. The molecule has 0 heterocycles. The maximum absolute atomic E-state index is 12.1. The number of esters is 2. The first-order valence-corrected chi connectivity index (χ1v) is 9.37. The normalized spacial score (nSPS) is 22.0. The fraction of sp³-hybridized carbons (Fsp3) is 0.571. The third-order valence-corrected chi connectivity index (χ3v) is 4.94. The number of nitriles is 1. The van der Waals surface area contributed by atoms with E-state index in [-0.39, 0.29) is 12.7 Å². The highest BCUT2D eigenvalue weighted by Gasteiger charge is 2.33. The second-order valence-corrected chi connectivity index (χ2v) is 7.44. The lowest BCUT2D eigenvalue weighted by Crippen LogP contribution is -2.37. The van der Waals surface area contributed by atoms with Crippen LogP contribution in [0, 0.1) is 29.1 Å². The number of carbonyl (C=O) groups excluding carboxylic acids is 2. The monoisotopic (exact) mass is 373 g/mol. The fourth-order valence-electron chi connectivity index (χ4n) is 3.40. The van der Waals surface area contributed by atoms with Crippen LogP contribution in [0.1, 0.15) is 45.6 Å². The standard InChI is InChI=1S/C21H27NO5/c1-14(2)18-9-4-15(3)10-19(18)27-21(24)13-26-20(23)12-25-17-7-5-16(11-22)6-8-17/h5-8,14-15,18-19H,4,9-10,12-13H2,1-3H3. The van der Waals surface area contributed by atoms with Crippen LogP contribution in [0.4, 0.5) is 0 Å². The molecule has 3 unspecified atom stereocenters. The Morgan fingerprint density at radius 2 is 1.85 bits per heavy atom. The van der Waals surface area contributed by atoms with Crippen LogP contribution in [0.5, 0.6) is 5.75 Å². The Balaban J connectivity index is 1.73. The summed E-state index contributed by atoms with van der Waals surface area (Å²) in [5.41, 5.74) is 0.504. The molecule has 0 bridgehead atoms. The summed E-state index contributed by atoms with van der Waals surface area (Å²) in [5, 5.41) is 8.74. The predicted molar refractivity (Wildman–Crippen MR) is 98.8 cm³/mol. The molecule has 146 valence electrons. The quantitative estimate of drug-likeness (QED) is 0.680. The maximum atomic E-state index is 12.1. The summed E-state index contributed by atoms with van der Waals surface area (Å²) in [4.78, 5) is 23.8. The molecule has 2 rings (SSSR count). The van der Waals surface area contributed by atoms with Crippen LogP contribution in [-0.4, -0.2) is 31.3 Å². The van der Waals surface area contributed by atoms with Crippen molar-refractivity contribution in [2.24, 2.45) is 17.8 Å². The number of hydrogen-bond acceptors (Lipinski definition) is 6. The van der Waals surface area contributed by atoms with Gasteiger partial charge in [-0.1, -0.05) is 27.2 Å². The van der Waals surface area contributed by atoms with Gasteiger partial charge >= 0.3 is 11.9 Å². The van der Waals surface area contributed by atoms with Crippen LogP contribution in [0.2, 0.25) is 0 Å². The van der Waals surface area contributed by atoms with Crippen LogP contribution >= 0.6 is 0 Å². The molecule has 27 heavy (non-hydrogen) atoms. The van der Waals surface area contributed by atoms with Gasteiger partial charge in [-0.3, -0.25) is 0 Å². The van der Waals surface area contributed by atoms with Gasteiger partial charge < -0.3 is 14.2 Å². The summed E-state index contributed by atoms with van der Waals surface area (Å²) in [6, 6.07) is 8.37. The summed E-state index contributed by atoms with van der Waals surface area (Å²) in [6.07, 6.45) is 2.94. The lowest BCUT2D eigenvalue weighted by atomic mass is 9.75. The Kier molecular flexibility index (Phi) is 7.66. The van der Waals surface area contributed by atoms with Crippen molar-refractivity contribution in [2.75, 3.05) is 13.2 Å². The molecule has 0 spiro atoms. The van der Waals surface area contributed by atoms with Gasteiger partial charge in [0.25, 0.3) is 0 Å². The minimum Gasteiger partial charge on any atom is -0.482 e. The number of hydrogen-bond donors (Lipinski definition) is 0. The van der Waals surface area contributed by atoms with Crippen LogP contribution in [-0.2, 0) is 19.1 Å². The molecule has 1 fully saturated rings. The van der Waals surface area contributed by atoms with E-state index in [9.17, 15) is 9.59 Å². The second-order valence-electron chi connectivity index (χ2n) is 7.44. The third-order valence-electron chi connectivity index (χ3n) is 4.94. The summed E-state index contributed by atoms with van der Waals surface area (Å²) in [7, 11) is 0. The smallest absolute Gasteiger partial charge is 0.344 e. The van der Waals surface area contributed by atoms with E-state index >= 15 is 0 Å². The van der Waals surface area contributed by atoms with Crippen molar-refractivity contribution in [3.8, 4) is 11.8 Å². The molecule has 0 N–H and O–H groups in total. The molecule has 0 amide bonds. The fourth-order valence-corrected chi connectivity index (χ4v) is 3.40. The van der Waals surface area contributed by atoms with E-state index in [1.165, 1.54) is 0 Å². The highest BCUT2D eigenvalue weighted by molar-refractivity contribution is 5.77. The van der Waals surface area contributed by atoms with Gasteiger partial charge in [-0.2, -0.15) is 5.26 Å². The van der Waals surface area contributed by atoms with Gasteiger partial charge in [-0.05, 0) is 54.9 Å². The Hall–Kier alpha value is -2.55. The average molecular weight is 373 g/mol. The Bertz CT molecular complexity index is 677. The Morgan fingerprint density at radius 3 is 2.48 bits per heavy atom. The Morgan fingerprint density at radius 1 is 1.15 bits per heavy atom. The van der Waals surface area contributed by atoms with Crippen molar-refractivity contribution >= 4 is 11.9 Å². The van der Waals surface area contributed by atoms with Crippen molar-refractivity contribution in [3.05, 3.63) is 29.8 Å². The minimum absolute atomic E-state index is 0.116. The first kappa shape index (κ1) is 20.8. The molecule has 6 nitrogen and oxygen atoms in total. The number of benzene rings is 1. The lowest BCUT2D eigenvalue weighted by Gasteiger charge is -2.36. The van der Waals surface area contributed by atoms with Gasteiger partial charge in [0.2, 0.25) is 0 Å². The molecule has 0 saturated heterocycles. The SMILES string of the molecule is CC1CCC(C(C)C)C(OC(=O)COC(=O)COc2ccc(C#N)cc2)C1. The van der Waals surface area contributed by atoms with Crippen LogP contribution < -0.4 is 4.74 Å². The van der Waals surface area contributed by atoms with Crippen molar-refractivity contribution in [1.29, 1.82) is 5.26 Å². The molecule has 0 radical (unpaired) electrons. The van der Waals surface area contributed by atoms with Gasteiger partial charge in [-0.15, -0.1) is 0 Å². The molecular weight excluding hydrogens is 346 g/mol. The highest BCUT2D eigenvalue weighted by atomic mass is 16.6.